The van der Waals surface area contributed by atoms with Crippen molar-refractivity contribution in [1.82, 2.24) is 4.90 Å². The monoisotopic (exact) mass is 287 g/mol. The third-order valence-corrected chi connectivity index (χ3v) is 5.47. The van der Waals surface area contributed by atoms with Crippen molar-refractivity contribution in [3.8, 4) is 0 Å². The number of likely N-dealkylation sites (tertiary alicyclic amines) is 1. The van der Waals surface area contributed by atoms with Gasteiger partial charge in [0.05, 0.1) is 5.25 Å². The summed E-state index contributed by atoms with van der Waals surface area (Å²) in [5, 5.41) is 0.0877. The number of carbonyl (C=O) groups is 1. The number of sulfone groups is 1. The predicted octanol–water partition coefficient (Wildman–Crippen LogP) is 1.60. The molecule has 18 heavy (non-hydrogen) atoms. The van der Waals surface area contributed by atoms with Crippen molar-refractivity contribution in [2.75, 3.05) is 18.8 Å². The van der Waals surface area contributed by atoms with Gasteiger partial charge in [-0.3, -0.25) is 4.79 Å². The number of amides is 1. The van der Waals surface area contributed by atoms with E-state index in [4.69, 9.17) is 11.6 Å². The van der Waals surface area contributed by atoms with Crippen LogP contribution in [0.25, 0.3) is 0 Å². The molecule has 6 heteroatoms. The molecule has 4 nitrogen and oxygen atoms in total. The van der Waals surface area contributed by atoms with Crippen LogP contribution in [-0.2, 0) is 9.84 Å². The zero-order chi connectivity index (χ0) is 13.3. The Balaban J connectivity index is 2.03. The molecule has 1 heterocycles. The van der Waals surface area contributed by atoms with Gasteiger partial charge in [0.2, 0.25) is 0 Å². The van der Waals surface area contributed by atoms with Crippen LogP contribution in [0.1, 0.15) is 17.3 Å². The molecule has 1 aromatic carbocycles. The average molecular weight is 288 g/mol. The molecular weight excluding hydrogens is 274 g/mol. The molecule has 1 fully saturated rings. The molecule has 0 bridgehead atoms. The second-order valence-corrected chi connectivity index (χ2v) is 7.30. The summed E-state index contributed by atoms with van der Waals surface area (Å²) in [6.07, 6.45) is 0. The molecule has 1 aromatic rings. The van der Waals surface area contributed by atoms with Crippen molar-refractivity contribution in [3.63, 3.8) is 0 Å². The summed E-state index contributed by atoms with van der Waals surface area (Å²) < 4.78 is 23.2. The van der Waals surface area contributed by atoms with Crippen LogP contribution in [-0.4, -0.2) is 43.3 Å². The highest BCUT2D eigenvalue weighted by atomic mass is 35.5. The number of hydrogen-bond acceptors (Lipinski definition) is 3. The number of nitrogens with zero attached hydrogens (tertiary/aromatic N) is 1. The van der Waals surface area contributed by atoms with E-state index >= 15 is 0 Å². The van der Waals surface area contributed by atoms with E-state index in [1.54, 1.807) is 31.2 Å². The van der Waals surface area contributed by atoms with Gasteiger partial charge < -0.3 is 4.90 Å². The minimum Gasteiger partial charge on any atom is -0.336 e. The largest absolute Gasteiger partial charge is 0.336 e. The van der Waals surface area contributed by atoms with Gasteiger partial charge >= 0.3 is 0 Å². The summed E-state index contributed by atoms with van der Waals surface area (Å²) in [5.74, 6) is -0.0447. The van der Waals surface area contributed by atoms with E-state index in [0.29, 0.717) is 10.6 Å². The third-order valence-electron chi connectivity index (χ3n) is 3.12. The van der Waals surface area contributed by atoms with Gasteiger partial charge in [-0.15, -0.1) is 0 Å². The highest BCUT2D eigenvalue weighted by molar-refractivity contribution is 7.92. The summed E-state index contributed by atoms with van der Waals surface area (Å²) in [4.78, 5) is 13.5. The minimum absolute atomic E-state index is 0.122. The van der Waals surface area contributed by atoms with Crippen molar-refractivity contribution >= 4 is 27.3 Å². The first-order chi connectivity index (χ1) is 8.44. The number of halogens is 1. The Bertz CT molecular complexity index is 564. The Morgan fingerprint density at radius 2 is 2.11 bits per heavy atom. The minimum atomic E-state index is -3.04. The molecular formula is C12H14ClNO3S. The molecule has 1 saturated heterocycles. The molecule has 1 amide bonds. The fourth-order valence-electron chi connectivity index (χ4n) is 1.87. The SMILES string of the molecule is CCS(=O)(=O)C1CN(C(=O)c2cccc(Cl)c2)C1. The van der Waals surface area contributed by atoms with Gasteiger partial charge in [-0.05, 0) is 18.2 Å². The molecule has 0 saturated carbocycles. The second-order valence-electron chi connectivity index (χ2n) is 4.29. The predicted molar refractivity (Wildman–Crippen MR) is 70.6 cm³/mol. The van der Waals surface area contributed by atoms with E-state index in [9.17, 15) is 13.2 Å². The fraction of sp³-hybridized carbons (Fsp3) is 0.417. The molecule has 1 aliphatic rings. The molecule has 0 spiro atoms. The molecule has 0 unspecified atom stereocenters. The van der Waals surface area contributed by atoms with E-state index in [-0.39, 0.29) is 24.7 Å². The molecule has 2 rings (SSSR count). The maximum absolute atomic E-state index is 12.0. The molecule has 1 aliphatic heterocycles. The normalized spacial score (nSPS) is 16.4. The molecule has 0 N–H and O–H groups in total. The maximum Gasteiger partial charge on any atom is 0.253 e. The Kier molecular flexibility index (Phi) is 3.64. The lowest BCUT2D eigenvalue weighted by molar-refractivity contribution is 0.0659. The Morgan fingerprint density at radius 3 is 2.67 bits per heavy atom. The van der Waals surface area contributed by atoms with Gasteiger partial charge in [0.1, 0.15) is 0 Å². The van der Waals surface area contributed by atoms with Gasteiger partial charge in [0.25, 0.3) is 5.91 Å². The van der Waals surface area contributed by atoms with Crippen LogP contribution in [0.4, 0.5) is 0 Å². The van der Waals surface area contributed by atoms with E-state index in [1.165, 1.54) is 4.90 Å². The number of rotatable bonds is 3. The van der Waals surface area contributed by atoms with Crippen molar-refractivity contribution in [2.24, 2.45) is 0 Å². The van der Waals surface area contributed by atoms with Crippen LogP contribution in [0.2, 0.25) is 5.02 Å². The van der Waals surface area contributed by atoms with Gasteiger partial charge in [-0.1, -0.05) is 24.6 Å². The molecule has 0 aliphatic carbocycles. The maximum atomic E-state index is 12.0. The lowest BCUT2D eigenvalue weighted by Crippen LogP contribution is -2.57. The first-order valence-electron chi connectivity index (χ1n) is 5.70. The molecule has 0 radical (unpaired) electrons. The summed E-state index contributed by atoms with van der Waals surface area (Å²) >= 11 is 5.81. The quantitative estimate of drug-likeness (QED) is 0.848. The highest BCUT2D eigenvalue weighted by Crippen LogP contribution is 2.21. The zero-order valence-corrected chi connectivity index (χ0v) is 11.5. The highest BCUT2D eigenvalue weighted by Gasteiger charge is 2.38. The smallest absolute Gasteiger partial charge is 0.253 e. The first kappa shape index (κ1) is 13.4. The van der Waals surface area contributed by atoms with E-state index in [2.05, 4.69) is 0 Å². The van der Waals surface area contributed by atoms with Gasteiger partial charge in [0.15, 0.2) is 9.84 Å². The zero-order valence-electron chi connectivity index (χ0n) is 9.97. The topological polar surface area (TPSA) is 54.5 Å². The summed E-state index contributed by atoms with van der Waals surface area (Å²) in [6.45, 7) is 2.18. The summed E-state index contributed by atoms with van der Waals surface area (Å²) in [7, 11) is -3.04. The van der Waals surface area contributed by atoms with Crippen LogP contribution in [0, 0.1) is 0 Å². The van der Waals surface area contributed by atoms with Crippen LogP contribution >= 0.6 is 11.6 Å². The van der Waals surface area contributed by atoms with Crippen LogP contribution in [0.5, 0.6) is 0 Å². The van der Waals surface area contributed by atoms with E-state index in [0.717, 1.165) is 0 Å². The van der Waals surface area contributed by atoms with E-state index in [1.807, 2.05) is 0 Å². The van der Waals surface area contributed by atoms with Gasteiger partial charge in [-0.25, -0.2) is 8.42 Å². The number of benzene rings is 1. The van der Waals surface area contributed by atoms with Crippen LogP contribution in [0.15, 0.2) is 24.3 Å². The average Bonchev–Trinajstić information content (AvgIpc) is 2.26. The Hall–Kier alpha value is -1.07. The molecule has 0 aromatic heterocycles. The standard InChI is InChI=1S/C12H14ClNO3S/c1-2-18(16,17)11-7-14(8-11)12(15)9-4-3-5-10(13)6-9/h3-6,11H,2,7-8H2,1H3. The molecule has 0 atom stereocenters. The summed E-state index contributed by atoms with van der Waals surface area (Å²) in [5.41, 5.74) is 0.495. The van der Waals surface area contributed by atoms with Crippen LogP contribution in [0.3, 0.4) is 0 Å². The second kappa shape index (κ2) is 4.90. The Labute approximate surface area is 111 Å². The fourth-order valence-corrected chi connectivity index (χ4v) is 3.35. The van der Waals surface area contributed by atoms with Gasteiger partial charge in [-0.2, -0.15) is 0 Å². The van der Waals surface area contributed by atoms with Crippen molar-refractivity contribution in [2.45, 2.75) is 12.2 Å². The lowest BCUT2D eigenvalue weighted by Gasteiger charge is -2.38. The van der Waals surface area contributed by atoms with Crippen molar-refractivity contribution in [1.29, 1.82) is 0 Å². The number of hydrogen-bond donors (Lipinski definition) is 0. The van der Waals surface area contributed by atoms with Crippen molar-refractivity contribution < 1.29 is 13.2 Å². The summed E-state index contributed by atoms with van der Waals surface area (Å²) in [6, 6.07) is 6.66. The molecule has 98 valence electrons. The van der Waals surface area contributed by atoms with E-state index < -0.39 is 15.1 Å². The Morgan fingerprint density at radius 1 is 1.44 bits per heavy atom. The lowest BCUT2D eigenvalue weighted by atomic mass is 10.1. The first-order valence-corrected chi connectivity index (χ1v) is 7.80. The van der Waals surface area contributed by atoms with Gasteiger partial charge in [0, 0.05) is 29.4 Å². The van der Waals surface area contributed by atoms with Crippen molar-refractivity contribution in [3.05, 3.63) is 34.9 Å². The number of carbonyl (C=O) groups excluding carboxylic acids is 1. The van der Waals surface area contributed by atoms with Crippen LogP contribution < -0.4 is 0 Å². The third kappa shape index (κ3) is 2.52.